The van der Waals surface area contributed by atoms with E-state index in [9.17, 15) is 9.59 Å². The van der Waals surface area contributed by atoms with E-state index in [4.69, 9.17) is 14.7 Å². The van der Waals surface area contributed by atoms with Gasteiger partial charge < -0.3 is 19.5 Å². The van der Waals surface area contributed by atoms with Gasteiger partial charge in [0.15, 0.2) is 5.82 Å². The zero-order valence-electron chi connectivity index (χ0n) is 21.0. The molecule has 0 spiro atoms. The van der Waals surface area contributed by atoms with Crippen LogP contribution in [0.25, 0.3) is 11.5 Å². The van der Waals surface area contributed by atoms with Crippen molar-refractivity contribution >= 4 is 23.6 Å². The molecular weight excluding hydrogens is 460 g/mol. The molecule has 0 radical (unpaired) electrons. The minimum Gasteiger partial charge on any atom is -0.443 e. The van der Waals surface area contributed by atoms with Crippen LogP contribution in [-0.2, 0) is 30.9 Å². The number of amides is 2. The summed E-state index contributed by atoms with van der Waals surface area (Å²) in [7, 11) is 3.42. The number of nitrogens with zero attached hydrogens (tertiary/aromatic N) is 7. The fraction of sp³-hybridized carbons (Fsp3) is 0.440. The Balaban J connectivity index is 1.49. The van der Waals surface area contributed by atoms with E-state index in [1.807, 2.05) is 44.0 Å². The number of fused-ring (bicyclic) bond motifs is 2. The van der Waals surface area contributed by atoms with E-state index in [2.05, 4.69) is 20.1 Å². The van der Waals surface area contributed by atoms with Crippen molar-refractivity contribution in [2.75, 3.05) is 23.9 Å². The molecule has 0 atom stereocenters. The van der Waals surface area contributed by atoms with E-state index in [0.717, 1.165) is 43.0 Å². The van der Waals surface area contributed by atoms with Gasteiger partial charge >= 0.3 is 6.09 Å². The van der Waals surface area contributed by atoms with Gasteiger partial charge in [-0.05, 0) is 44.9 Å². The number of rotatable bonds is 6. The highest BCUT2D eigenvalue weighted by atomic mass is 16.5. The molecule has 3 aromatic rings. The highest BCUT2D eigenvalue weighted by Crippen LogP contribution is 2.33. The Morgan fingerprint density at radius 2 is 2.06 bits per heavy atom. The molecule has 3 aromatic heterocycles. The maximum atomic E-state index is 13.6. The van der Waals surface area contributed by atoms with Crippen molar-refractivity contribution < 1.29 is 14.3 Å². The SMILES string of the molecule is CNC(=O)OCc1nc(N(C)C(C)C)cc2c1CN(c1cccc(-c3nnc4n3CCCC4)n1)C2=O. The van der Waals surface area contributed by atoms with Crippen molar-refractivity contribution in [3.05, 3.63) is 46.9 Å². The molecule has 0 aliphatic carbocycles. The van der Waals surface area contributed by atoms with Crippen LogP contribution in [0.15, 0.2) is 24.3 Å². The topological polar surface area (TPSA) is 118 Å². The molecule has 11 nitrogen and oxygen atoms in total. The van der Waals surface area contributed by atoms with Gasteiger partial charge in [-0.25, -0.2) is 14.8 Å². The molecule has 0 saturated carbocycles. The lowest BCUT2D eigenvalue weighted by Crippen LogP contribution is -2.27. The second-order valence-electron chi connectivity index (χ2n) is 9.30. The molecule has 2 amide bonds. The second kappa shape index (κ2) is 9.56. The number of carbonyl (C=O) groups is 2. The molecule has 2 aliphatic heterocycles. The third kappa shape index (κ3) is 4.25. The Bertz CT molecular complexity index is 1320. The number of ether oxygens (including phenoxy) is 1. The summed E-state index contributed by atoms with van der Waals surface area (Å²) in [5, 5.41) is 11.2. The minimum atomic E-state index is -0.555. The summed E-state index contributed by atoms with van der Waals surface area (Å²) in [6.45, 7) is 5.20. The van der Waals surface area contributed by atoms with E-state index in [1.54, 1.807) is 11.0 Å². The maximum Gasteiger partial charge on any atom is 0.407 e. The summed E-state index contributed by atoms with van der Waals surface area (Å²) in [6, 6.07) is 7.56. The van der Waals surface area contributed by atoms with Gasteiger partial charge in [-0.15, -0.1) is 10.2 Å². The maximum absolute atomic E-state index is 13.6. The van der Waals surface area contributed by atoms with E-state index in [-0.39, 0.29) is 25.1 Å². The summed E-state index contributed by atoms with van der Waals surface area (Å²) in [5.74, 6) is 2.70. The van der Waals surface area contributed by atoms with Crippen LogP contribution >= 0.6 is 0 Å². The molecule has 0 bridgehead atoms. The molecule has 11 heteroatoms. The zero-order valence-corrected chi connectivity index (χ0v) is 21.0. The number of anilines is 2. The second-order valence-corrected chi connectivity index (χ2v) is 9.30. The molecule has 1 N–H and O–H groups in total. The van der Waals surface area contributed by atoms with E-state index in [0.29, 0.717) is 28.6 Å². The van der Waals surface area contributed by atoms with Gasteiger partial charge in [0.1, 0.15) is 29.8 Å². The lowest BCUT2D eigenvalue weighted by Gasteiger charge is -2.23. The predicted molar refractivity (Wildman–Crippen MR) is 134 cm³/mol. The van der Waals surface area contributed by atoms with Gasteiger partial charge in [0.05, 0.1) is 17.8 Å². The van der Waals surface area contributed by atoms with E-state index in [1.165, 1.54) is 7.05 Å². The lowest BCUT2D eigenvalue weighted by molar-refractivity contribution is 0.0996. The highest BCUT2D eigenvalue weighted by Gasteiger charge is 2.34. The Morgan fingerprint density at radius 3 is 2.83 bits per heavy atom. The average Bonchev–Trinajstić information content (AvgIpc) is 3.48. The first-order valence-corrected chi connectivity index (χ1v) is 12.2. The standard InChI is InChI=1S/C25H30N8O3/c1-15(2)31(4)22-12-16-17(19(28-22)14-36-25(35)26-3)13-33(24(16)34)20-10-7-8-18(27-20)23-30-29-21-9-5-6-11-32(21)23/h7-8,10,12,15H,5-6,9,11,13-14H2,1-4H3,(H,26,35). The summed E-state index contributed by atoms with van der Waals surface area (Å²) in [5.41, 5.74) is 2.50. The molecule has 5 rings (SSSR count). The molecule has 0 unspecified atom stereocenters. The highest BCUT2D eigenvalue weighted by molar-refractivity contribution is 6.10. The first-order chi connectivity index (χ1) is 17.4. The van der Waals surface area contributed by atoms with Gasteiger partial charge in [0, 0.05) is 38.7 Å². The van der Waals surface area contributed by atoms with Gasteiger partial charge in [-0.2, -0.15) is 0 Å². The van der Waals surface area contributed by atoms with E-state index >= 15 is 0 Å². The van der Waals surface area contributed by atoms with Crippen molar-refractivity contribution in [3.63, 3.8) is 0 Å². The molecule has 188 valence electrons. The van der Waals surface area contributed by atoms with Crippen LogP contribution in [0.3, 0.4) is 0 Å². The van der Waals surface area contributed by atoms with Crippen LogP contribution < -0.4 is 15.1 Å². The van der Waals surface area contributed by atoms with Gasteiger partial charge in [-0.3, -0.25) is 9.69 Å². The summed E-state index contributed by atoms with van der Waals surface area (Å²) in [6.07, 6.45) is 2.55. The van der Waals surface area contributed by atoms with Crippen molar-refractivity contribution in [2.24, 2.45) is 0 Å². The van der Waals surface area contributed by atoms with Crippen molar-refractivity contribution in [1.82, 2.24) is 30.0 Å². The van der Waals surface area contributed by atoms with E-state index < -0.39 is 6.09 Å². The molecule has 0 aromatic carbocycles. The Morgan fingerprint density at radius 1 is 1.22 bits per heavy atom. The molecular formula is C25H30N8O3. The van der Waals surface area contributed by atoms with Crippen molar-refractivity contribution in [3.8, 4) is 11.5 Å². The van der Waals surface area contributed by atoms with Crippen LogP contribution in [0.5, 0.6) is 0 Å². The first kappa shape index (κ1) is 23.7. The van der Waals surface area contributed by atoms with Gasteiger partial charge in [-0.1, -0.05) is 6.07 Å². The molecule has 0 fully saturated rings. The largest absolute Gasteiger partial charge is 0.443 e. The lowest BCUT2D eigenvalue weighted by atomic mass is 10.1. The van der Waals surface area contributed by atoms with Gasteiger partial charge in [0.25, 0.3) is 5.91 Å². The zero-order chi connectivity index (χ0) is 25.4. The number of hydrogen-bond acceptors (Lipinski definition) is 8. The number of pyridine rings is 2. The summed E-state index contributed by atoms with van der Waals surface area (Å²) < 4.78 is 7.41. The fourth-order valence-electron chi connectivity index (χ4n) is 4.50. The Labute approximate surface area is 209 Å². The predicted octanol–water partition coefficient (Wildman–Crippen LogP) is 2.93. The number of aromatic nitrogens is 5. The molecule has 5 heterocycles. The Kier molecular flexibility index (Phi) is 6.29. The number of alkyl carbamates (subject to hydrolysis) is 1. The van der Waals surface area contributed by atoms with Crippen molar-refractivity contribution in [2.45, 2.75) is 58.8 Å². The van der Waals surface area contributed by atoms with Crippen LogP contribution in [0.4, 0.5) is 16.4 Å². The van der Waals surface area contributed by atoms with Crippen LogP contribution in [-0.4, -0.2) is 56.9 Å². The molecule has 2 aliphatic rings. The quantitative estimate of drug-likeness (QED) is 0.560. The van der Waals surface area contributed by atoms with Crippen molar-refractivity contribution in [1.29, 1.82) is 0 Å². The average molecular weight is 491 g/mol. The normalized spacial score (nSPS) is 14.6. The van der Waals surface area contributed by atoms with Crippen LogP contribution in [0.2, 0.25) is 0 Å². The summed E-state index contributed by atoms with van der Waals surface area (Å²) in [4.78, 5) is 38.5. The molecule has 0 saturated heterocycles. The molecule has 36 heavy (non-hydrogen) atoms. The smallest absolute Gasteiger partial charge is 0.407 e. The fourth-order valence-corrected chi connectivity index (χ4v) is 4.50. The third-order valence-electron chi connectivity index (χ3n) is 6.77. The number of carbonyl (C=O) groups excluding carboxylic acids is 2. The number of nitrogens with one attached hydrogen (secondary N) is 1. The summed E-state index contributed by atoms with van der Waals surface area (Å²) >= 11 is 0. The number of hydrogen-bond donors (Lipinski definition) is 1. The minimum absolute atomic E-state index is 0.0394. The first-order valence-electron chi connectivity index (χ1n) is 12.2. The van der Waals surface area contributed by atoms with Crippen LogP contribution in [0.1, 0.15) is 54.1 Å². The van der Waals surface area contributed by atoms with Gasteiger partial charge in [0.2, 0.25) is 0 Å². The Hall–Kier alpha value is -4.02. The van der Waals surface area contributed by atoms with Crippen LogP contribution in [0, 0.1) is 0 Å². The third-order valence-corrected chi connectivity index (χ3v) is 6.77. The monoisotopic (exact) mass is 490 g/mol. The number of aryl methyl sites for hydroxylation is 1.